The maximum atomic E-state index is 11.8. The van der Waals surface area contributed by atoms with Crippen LogP contribution in [0.3, 0.4) is 0 Å². The number of nitrogens with zero attached hydrogens (tertiary/aromatic N) is 1. The van der Waals surface area contributed by atoms with E-state index in [2.05, 4.69) is 24.1 Å². The molecular weight excluding hydrogens is 252 g/mol. The van der Waals surface area contributed by atoms with Crippen molar-refractivity contribution in [3.63, 3.8) is 0 Å². The Balaban J connectivity index is 2.56. The minimum Gasteiger partial charge on any atom is -0.384 e. The maximum Gasteiger partial charge on any atom is 0.317 e. The maximum absolute atomic E-state index is 11.8. The second-order valence-electron chi connectivity index (χ2n) is 4.60. The van der Waals surface area contributed by atoms with Gasteiger partial charge < -0.3 is 15.3 Å². The van der Waals surface area contributed by atoms with Crippen molar-refractivity contribution in [1.29, 1.82) is 0 Å². The molecule has 0 aromatic heterocycles. The number of nitrogens with one attached hydrogen (secondary N) is 1. The van der Waals surface area contributed by atoms with E-state index in [4.69, 9.17) is 5.11 Å². The van der Waals surface area contributed by atoms with Crippen LogP contribution in [0.25, 0.3) is 0 Å². The standard InChI is InChI=1S/C16H22N2O2/c1-3-4-10-17-16(20)18(2)13-15-8-5-7-14(12-15)9-6-11-19/h5,7-8,12,19H,3-4,10-11,13H2,1-2H3,(H,17,20). The Bertz CT molecular complexity index is 489. The second kappa shape index (κ2) is 9.00. The molecular formula is C16H22N2O2. The van der Waals surface area contributed by atoms with Crippen LogP contribution in [0.2, 0.25) is 0 Å². The molecule has 0 aliphatic rings. The largest absolute Gasteiger partial charge is 0.384 e. The predicted molar refractivity (Wildman–Crippen MR) is 80.2 cm³/mol. The fourth-order valence-electron chi connectivity index (χ4n) is 1.74. The van der Waals surface area contributed by atoms with Gasteiger partial charge in [-0.1, -0.05) is 37.3 Å². The van der Waals surface area contributed by atoms with Gasteiger partial charge in [-0.25, -0.2) is 4.79 Å². The van der Waals surface area contributed by atoms with Crippen molar-refractivity contribution in [2.45, 2.75) is 26.3 Å². The Hall–Kier alpha value is -1.99. The quantitative estimate of drug-likeness (QED) is 0.637. The lowest BCUT2D eigenvalue weighted by Gasteiger charge is -2.18. The average Bonchev–Trinajstić information content (AvgIpc) is 2.45. The molecule has 1 aromatic carbocycles. The highest BCUT2D eigenvalue weighted by Gasteiger charge is 2.08. The number of benzene rings is 1. The second-order valence-corrected chi connectivity index (χ2v) is 4.60. The highest BCUT2D eigenvalue weighted by molar-refractivity contribution is 5.73. The van der Waals surface area contributed by atoms with Gasteiger partial charge >= 0.3 is 6.03 Å². The lowest BCUT2D eigenvalue weighted by molar-refractivity contribution is 0.207. The van der Waals surface area contributed by atoms with Gasteiger partial charge in [-0.15, -0.1) is 0 Å². The molecule has 0 atom stereocenters. The third-order valence-corrected chi connectivity index (χ3v) is 2.81. The first-order valence-electron chi connectivity index (χ1n) is 6.85. The fourth-order valence-corrected chi connectivity index (χ4v) is 1.74. The van der Waals surface area contributed by atoms with Gasteiger partial charge in [0.05, 0.1) is 0 Å². The van der Waals surface area contributed by atoms with E-state index in [0.717, 1.165) is 24.0 Å². The van der Waals surface area contributed by atoms with E-state index in [1.165, 1.54) is 0 Å². The number of rotatable bonds is 5. The number of carbonyl (C=O) groups excluding carboxylic acids is 1. The highest BCUT2D eigenvalue weighted by atomic mass is 16.2. The number of hydrogen-bond donors (Lipinski definition) is 2. The molecule has 108 valence electrons. The normalized spacial score (nSPS) is 9.55. The van der Waals surface area contributed by atoms with Crippen LogP contribution < -0.4 is 5.32 Å². The minimum atomic E-state index is -0.149. The van der Waals surface area contributed by atoms with Crippen LogP contribution in [0.4, 0.5) is 4.79 Å². The summed E-state index contributed by atoms with van der Waals surface area (Å²) in [4.78, 5) is 13.5. The third-order valence-electron chi connectivity index (χ3n) is 2.81. The van der Waals surface area contributed by atoms with Gasteiger partial charge in [-0.05, 0) is 24.1 Å². The van der Waals surface area contributed by atoms with Crippen LogP contribution in [-0.2, 0) is 6.54 Å². The van der Waals surface area contributed by atoms with E-state index in [1.54, 1.807) is 11.9 Å². The van der Waals surface area contributed by atoms with Crippen LogP contribution >= 0.6 is 0 Å². The molecule has 0 unspecified atom stereocenters. The lowest BCUT2D eigenvalue weighted by Crippen LogP contribution is -2.37. The number of amides is 2. The molecule has 4 heteroatoms. The lowest BCUT2D eigenvalue weighted by atomic mass is 10.1. The van der Waals surface area contributed by atoms with E-state index in [9.17, 15) is 4.79 Å². The Kier molecular flexibility index (Phi) is 7.23. The molecule has 0 aliphatic heterocycles. The molecule has 0 radical (unpaired) electrons. The molecule has 2 amide bonds. The van der Waals surface area contributed by atoms with Crippen molar-refractivity contribution >= 4 is 6.03 Å². The van der Waals surface area contributed by atoms with E-state index < -0.39 is 0 Å². The van der Waals surface area contributed by atoms with Gasteiger partial charge in [0.1, 0.15) is 6.61 Å². The van der Waals surface area contributed by atoms with Crippen LogP contribution in [0.5, 0.6) is 0 Å². The first kappa shape index (κ1) is 16.1. The molecule has 0 aliphatic carbocycles. The van der Waals surface area contributed by atoms with Crippen LogP contribution in [0.1, 0.15) is 30.9 Å². The molecule has 20 heavy (non-hydrogen) atoms. The molecule has 0 saturated carbocycles. The number of unbranched alkanes of at least 4 members (excludes halogenated alkanes) is 1. The summed E-state index contributed by atoms with van der Waals surface area (Å²) < 4.78 is 0. The number of aliphatic hydroxyl groups excluding tert-OH is 1. The summed E-state index contributed by atoms with van der Waals surface area (Å²) in [5.74, 6) is 5.47. The smallest absolute Gasteiger partial charge is 0.317 e. The SMILES string of the molecule is CCCCNC(=O)N(C)Cc1cccc(C#CCO)c1. The summed E-state index contributed by atoms with van der Waals surface area (Å²) in [6, 6.07) is 7.61. The first-order valence-corrected chi connectivity index (χ1v) is 6.85. The summed E-state index contributed by atoms with van der Waals surface area (Å²) in [6.45, 7) is 3.19. The Morgan fingerprint density at radius 3 is 2.95 bits per heavy atom. The predicted octanol–water partition coefficient (Wildman–Crippen LogP) is 1.97. The molecule has 0 bridgehead atoms. The Labute approximate surface area is 120 Å². The van der Waals surface area contributed by atoms with Crippen molar-refractivity contribution in [1.82, 2.24) is 10.2 Å². The minimum absolute atomic E-state index is 0.0645. The fraction of sp³-hybridized carbons (Fsp3) is 0.438. The summed E-state index contributed by atoms with van der Waals surface area (Å²) in [6.07, 6.45) is 2.06. The van der Waals surface area contributed by atoms with Gasteiger partial charge in [-0.3, -0.25) is 0 Å². The molecule has 0 heterocycles. The van der Waals surface area contributed by atoms with Crippen LogP contribution in [0.15, 0.2) is 24.3 Å². The summed E-state index contributed by atoms with van der Waals surface area (Å²) in [5, 5.41) is 11.6. The van der Waals surface area contributed by atoms with Crippen molar-refractivity contribution in [2.75, 3.05) is 20.2 Å². The third kappa shape index (κ3) is 5.77. The zero-order valence-electron chi connectivity index (χ0n) is 12.1. The molecule has 0 fully saturated rings. The monoisotopic (exact) mass is 274 g/mol. The highest BCUT2D eigenvalue weighted by Crippen LogP contribution is 2.07. The Morgan fingerprint density at radius 2 is 2.25 bits per heavy atom. The zero-order valence-corrected chi connectivity index (χ0v) is 12.1. The zero-order chi connectivity index (χ0) is 14.8. The molecule has 0 spiro atoms. The van der Waals surface area contributed by atoms with Gasteiger partial charge in [0, 0.05) is 25.7 Å². The van der Waals surface area contributed by atoms with E-state index in [1.807, 2.05) is 24.3 Å². The van der Waals surface area contributed by atoms with E-state index in [-0.39, 0.29) is 12.6 Å². The van der Waals surface area contributed by atoms with Crippen LogP contribution in [-0.4, -0.2) is 36.2 Å². The van der Waals surface area contributed by atoms with Gasteiger partial charge in [0.15, 0.2) is 0 Å². The summed E-state index contributed by atoms with van der Waals surface area (Å²) in [5.41, 5.74) is 1.86. The molecule has 1 aromatic rings. The number of hydrogen-bond acceptors (Lipinski definition) is 2. The van der Waals surface area contributed by atoms with E-state index in [0.29, 0.717) is 13.1 Å². The Morgan fingerprint density at radius 1 is 1.45 bits per heavy atom. The van der Waals surface area contributed by atoms with Crippen molar-refractivity contribution in [3.8, 4) is 11.8 Å². The van der Waals surface area contributed by atoms with Gasteiger partial charge in [0.2, 0.25) is 0 Å². The van der Waals surface area contributed by atoms with Gasteiger partial charge in [0.25, 0.3) is 0 Å². The van der Waals surface area contributed by atoms with Crippen molar-refractivity contribution < 1.29 is 9.90 Å². The molecule has 0 saturated heterocycles. The molecule has 1 rings (SSSR count). The van der Waals surface area contributed by atoms with E-state index >= 15 is 0 Å². The average molecular weight is 274 g/mol. The van der Waals surface area contributed by atoms with Crippen molar-refractivity contribution in [3.05, 3.63) is 35.4 Å². The molecule has 2 N–H and O–H groups in total. The first-order chi connectivity index (χ1) is 9.67. The number of urea groups is 1. The number of carbonyl (C=O) groups is 1. The van der Waals surface area contributed by atoms with Crippen LogP contribution in [0, 0.1) is 11.8 Å². The number of aliphatic hydroxyl groups is 1. The summed E-state index contributed by atoms with van der Waals surface area (Å²) >= 11 is 0. The van der Waals surface area contributed by atoms with Crippen molar-refractivity contribution in [2.24, 2.45) is 0 Å². The van der Waals surface area contributed by atoms with Gasteiger partial charge in [-0.2, -0.15) is 0 Å². The molecule has 4 nitrogen and oxygen atoms in total. The topological polar surface area (TPSA) is 52.6 Å². The summed E-state index contributed by atoms with van der Waals surface area (Å²) in [7, 11) is 1.77.